The number of carbonyl (C=O) groups is 2. The van der Waals surface area contributed by atoms with Gasteiger partial charge in [0.15, 0.2) is 0 Å². The standard InChI is InChI=1S/C28H34ClN5O2/c1-18(2)34-24(15-17-31-34)27(35)33-26(21-8-6-4-5-7-9-21)28(36)32-22-12-10-20(11-13-22)25-19(3)30-16-14-23(25)29/h10-18,21,26H,4-9H2,1-3H3,(H,32,36)(H,33,35)/t26-/m0/s1. The quantitative estimate of drug-likeness (QED) is 0.373. The number of hydrogen-bond donors (Lipinski definition) is 2. The van der Waals surface area contributed by atoms with Crippen LogP contribution in [0.5, 0.6) is 0 Å². The number of amides is 2. The third-order valence-electron chi connectivity index (χ3n) is 6.86. The number of nitrogens with zero attached hydrogens (tertiary/aromatic N) is 3. The number of pyridine rings is 1. The molecule has 7 nitrogen and oxygen atoms in total. The van der Waals surface area contributed by atoms with E-state index in [0.717, 1.165) is 55.3 Å². The summed E-state index contributed by atoms with van der Waals surface area (Å²) in [5.41, 5.74) is 3.78. The van der Waals surface area contributed by atoms with Gasteiger partial charge in [-0.3, -0.25) is 19.3 Å². The third kappa shape index (κ3) is 5.95. The first-order chi connectivity index (χ1) is 17.3. The van der Waals surface area contributed by atoms with Gasteiger partial charge in [-0.1, -0.05) is 49.4 Å². The summed E-state index contributed by atoms with van der Waals surface area (Å²) in [5.74, 6) is -0.389. The molecule has 0 saturated heterocycles. The number of halogens is 1. The minimum Gasteiger partial charge on any atom is -0.339 e. The summed E-state index contributed by atoms with van der Waals surface area (Å²) >= 11 is 6.39. The molecule has 0 bridgehead atoms. The largest absolute Gasteiger partial charge is 0.339 e. The lowest BCUT2D eigenvalue weighted by atomic mass is 9.91. The molecular formula is C28H34ClN5O2. The van der Waals surface area contributed by atoms with E-state index in [1.165, 1.54) is 0 Å². The Morgan fingerprint density at radius 3 is 2.33 bits per heavy atom. The summed E-state index contributed by atoms with van der Waals surface area (Å²) in [7, 11) is 0. The highest BCUT2D eigenvalue weighted by molar-refractivity contribution is 6.33. The van der Waals surface area contributed by atoms with Crippen molar-refractivity contribution in [3.63, 3.8) is 0 Å². The summed E-state index contributed by atoms with van der Waals surface area (Å²) in [6.45, 7) is 5.87. The van der Waals surface area contributed by atoms with Crippen molar-refractivity contribution >= 4 is 29.1 Å². The zero-order chi connectivity index (χ0) is 25.7. The summed E-state index contributed by atoms with van der Waals surface area (Å²) in [4.78, 5) is 31.1. The molecule has 8 heteroatoms. The van der Waals surface area contributed by atoms with Crippen LogP contribution in [-0.2, 0) is 4.79 Å². The Hall–Kier alpha value is -3.19. The molecule has 4 rings (SSSR count). The molecule has 1 aromatic carbocycles. The van der Waals surface area contributed by atoms with Crippen LogP contribution >= 0.6 is 11.6 Å². The van der Waals surface area contributed by atoms with Crippen LogP contribution in [0.4, 0.5) is 5.69 Å². The lowest BCUT2D eigenvalue weighted by Gasteiger charge is -2.26. The van der Waals surface area contributed by atoms with Crippen LogP contribution in [0, 0.1) is 12.8 Å². The first-order valence-corrected chi connectivity index (χ1v) is 13.1. The van der Waals surface area contributed by atoms with Gasteiger partial charge in [-0.25, -0.2) is 0 Å². The van der Waals surface area contributed by atoms with E-state index in [9.17, 15) is 9.59 Å². The van der Waals surface area contributed by atoms with E-state index < -0.39 is 6.04 Å². The van der Waals surface area contributed by atoms with E-state index in [0.29, 0.717) is 16.4 Å². The van der Waals surface area contributed by atoms with Gasteiger partial charge in [0, 0.05) is 35.4 Å². The molecule has 2 N–H and O–H groups in total. The van der Waals surface area contributed by atoms with Gasteiger partial charge in [0.1, 0.15) is 11.7 Å². The molecular weight excluding hydrogens is 474 g/mol. The fourth-order valence-electron chi connectivity index (χ4n) is 4.98. The molecule has 1 aliphatic carbocycles. The molecule has 36 heavy (non-hydrogen) atoms. The summed E-state index contributed by atoms with van der Waals surface area (Å²) < 4.78 is 1.68. The summed E-state index contributed by atoms with van der Waals surface area (Å²) in [6.07, 6.45) is 9.59. The second kappa shape index (κ2) is 11.7. The van der Waals surface area contributed by atoms with Gasteiger partial charge in [0.05, 0.1) is 5.02 Å². The van der Waals surface area contributed by atoms with Crippen LogP contribution in [0.1, 0.15) is 74.6 Å². The van der Waals surface area contributed by atoms with Gasteiger partial charge in [-0.2, -0.15) is 5.10 Å². The van der Waals surface area contributed by atoms with E-state index in [2.05, 4.69) is 20.7 Å². The van der Waals surface area contributed by atoms with Crippen molar-refractivity contribution in [1.82, 2.24) is 20.1 Å². The normalized spacial score (nSPS) is 15.4. The average Bonchev–Trinajstić information content (AvgIpc) is 3.20. The van der Waals surface area contributed by atoms with Crippen LogP contribution in [0.25, 0.3) is 11.1 Å². The minimum atomic E-state index is -0.624. The highest BCUT2D eigenvalue weighted by atomic mass is 35.5. The molecule has 2 aromatic heterocycles. The van der Waals surface area contributed by atoms with Gasteiger partial charge in [0.25, 0.3) is 5.91 Å². The summed E-state index contributed by atoms with van der Waals surface area (Å²) in [6, 6.07) is 10.4. The van der Waals surface area contributed by atoms with Crippen molar-refractivity contribution in [2.75, 3.05) is 5.32 Å². The first-order valence-electron chi connectivity index (χ1n) is 12.7. The van der Waals surface area contributed by atoms with Gasteiger partial charge in [0.2, 0.25) is 5.91 Å². The van der Waals surface area contributed by atoms with Crippen LogP contribution in [0.2, 0.25) is 5.02 Å². The fraction of sp³-hybridized carbons (Fsp3) is 0.429. The van der Waals surface area contributed by atoms with Crippen LogP contribution in [0.15, 0.2) is 48.8 Å². The number of aromatic nitrogens is 3. The minimum absolute atomic E-state index is 0.0429. The molecule has 0 spiro atoms. The second-order valence-electron chi connectivity index (χ2n) is 9.78. The van der Waals surface area contributed by atoms with Gasteiger partial charge < -0.3 is 10.6 Å². The maximum atomic E-state index is 13.5. The van der Waals surface area contributed by atoms with Crippen molar-refractivity contribution in [2.24, 2.45) is 5.92 Å². The smallest absolute Gasteiger partial charge is 0.270 e. The Morgan fingerprint density at radius 2 is 1.69 bits per heavy atom. The lowest BCUT2D eigenvalue weighted by Crippen LogP contribution is -2.49. The second-order valence-corrected chi connectivity index (χ2v) is 10.2. The molecule has 2 heterocycles. The molecule has 1 atom stereocenters. The van der Waals surface area contributed by atoms with Crippen molar-refractivity contribution in [1.29, 1.82) is 0 Å². The number of aryl methyl sites for hydroxylation is 1. The number of rotatable bonds is 7. The lowest BCUT2D eigenvalue weighted by molar-refractivity contribution is -0.119. The Morgan fingerprint density at radius 1 is 1.00 bits per heavy atom. The number of hydrogen-bond acceptors (Lipinski definition) is 4. The highest BCUT2D eigenvalue weighted by Gasteiger charge is 2.31. The van der Waals surface area contributed by atoms with E-state index in [1.54, 1.807) is 29.2 Å². The molecule has 1 fully saturated rings. The maximum absolute atomic E-state index is 13.5. The van der Waals surface area contributed by atoms with Crippen molar-refractivity contribution in [3.8, 4) is 11.1 Å². The van der Waals surface area contributed by atoms with E-state index >= 15 is 0 Å². The number of carbonyl (C=O) groups excluding carboxylic acids is 2. The number of nitrogens with one attached hydrogen (secondary N) is 2. The first kappa shape index (κ1) is 25.9. The summed E-state index contributed by atoms with van der Waals surface area (Å²) in [5, 5.41) is 11.0. The van der Waals surface area contributed by atoms with Crippen LogP contribution in [-0.4, -0.2) is 32.6 Å². The Labute approximate surface area is 217 Å². The zero-order valence-electron chi connectivity index (χ0n) is 21.1. The molecule has 2 amide bonds. The Balaban J connectivity index is 1.54. The molecule has 0 radical (unpaired) electrons. The topological polar surface area (TPSA) is 88.9 Å². The van der Waals surface area contributed by atoms with E-state index in [-0.39, 0.29) is 23.8 Å². The van der Waals surface area contributed by atoms with Crippen molar-refractivity contribution in [2.45, 2.75) is 71.4 Å². The monoisotopic (exact) mass is 507 g/mol. The van der Waals surface area contributed by atoms with Crippen LogP contribution < -0.4 is 10.6 Å². The zero-order valence-corrected chi connectivity index (χ0v) is 21.9. The van der Waals surface area contributed by atoms with Crippen molar-refractivity contribution < 1.29 is 9.59 Å². The molecule has 1 saturated carbocycles. The highest BCUT2D eigenvalue weighted by Crippen LogP contribution is 2.31. The van der Waals surface area contributed by atoms with Crippen molar-refractivity contribution in [3.05, 3.63) is 65.2 Å². The van der Waals surface area contributed by atoms with Gasteiger partial charge in [-0.15, -0.1) is 0 Å². The predicted molar refractivity (Wildman–Crippen MR) is 143 cm³/mol. The number of benzene rings is 1. The van der Waals surface area contributed by atoms with Gasteiger partial charge >= 0.3 is 0 Å². The maximum Gasteiger partial charge on any atom is 0.270 e. The molecule has 3 aromatic rings. The predicted octanol–water partition coefficient (Wildman–Crippen LogP) is 6.20. The molecule has 0 unspecified atom stereocenters. The Kier molecular flexibility index (Phi) is 8.41. The number of anilines is 1. The van der Waals surface area contributed by atoms with Crippen LogP contribution in [0.3, 0.4) is 0 Å². The SMILES string of the molecule is Cc1nccc(Cl)c1-c1ccc(NC(=O)[C@@H](NC(=O)c2ccnn2C(C)C)C2CCCCCC2)cc1. The average molecular weight is 508 g/mol. The fourth-order valence-corrected chi connectivity index (χ4v) is 5.29. The Bertz CT molecular complexity index is 1180. The third-order valence-corrected chi connectivity index (χ3v) is 7.18. The molecule has 1 aliphatic rings. The van der Waals surface area contributed by atoms with E-state index in [1.807, 2.05) is 45.0 Å². The van der Waals surface area contributed by atoms with E-state index in [4.69, 9.17) is 11.6 Å². The van der Waals surface area contributed by atoms with Gasteiger partial charge in [-0.05, 0) is 69.4 Å². The molecule has 0 aliphatic heterocycles. The molecule has 190 valence electrons.